The lowest BCUT2D eigenvalue weighted by molar-refractivity contribution is 0.484. The molecule has 0 spiro atoms. The number of halogens is 1. The van der Waals surface area contributed by atoms with Crippen molar-refractivity contribution in [3.63, 3.8) is 0 Å². The van der Waals surface area contributed by atoms with Crippen molar-refractivity contribution in [3.05, 3.63) is 29.6 Å². The van der Waals surface area contributed by atoms with Gasteiger partial charge in [0.2, 0.25) is 0 Å². The lowest BCUT2D eigenvalue weighted by Crippen LogP contribution is -2.49. The van der Waals surface area contributed by atoms with Gasteiger partial charge in [0.25, 0.3) is 0 Å². The smallest absolute Gasteiger partial charge is 0.126 e. The number of rotatable bonds is 1. The summed E-state index contributed by atoms with van der Waals surface area (Å²) in [6, 6.07) is 6.85. The van der Waals surface area contributed by atoms with Gasteiger partial charge in [0.05, 0.1) is 11.6 Å². The van der Waals surface area contributed by atoms with Crippen LogP contribution in [0.15, 0.2) is 18.2 Å². The van der Waals surface area contributed by atoms with Crippen LogP contribution in [0.1, 0.15) is 12.5 Å². The Kier molecular flexibility index (Phi) is 3.07. The van der Waals surface area contributed by atoms with Crippen molar-refractivity contribution in [2.45, 2.75) is 13.0 Å². The van der Waals surface area contributed by atoms with Gasteiger partial charge < -0.3 is 10.2 Å². The topological polar surface area (TPSA) is 39.1 Å². The molecule has 16 heavy (non-hydrogen) atoms. The van der Waals surface area contributed by atoms with E-state index in [-0.39, 0.29) is 5.82 Å². The molecule has 1 aromatic carbocycles. The number of piperazine rings is 1. The zero-order valence-electron chi connectivity index (χ0n) is 9.20. The first-order valence-corrected chi connectivity index (χ1v) is 5.38. The van der Waals surface area contributed by atoms with E-state index >= 15 is 0 Å². The fourth-order valence-corrected chi connectivity index (χ4v) is 1.99. The molecule has 3 nitrogen and oxygen atoms in total. The van der Waals surface area contributed by atoms with E-state index in [1.54, 1.807) is 6.07 Å². The summed E-state index contributed by atoms with van der Waals surface area (Å²) in [5, 5.41) is 12.1. The van der Waals surface area contributed by atoms with Gasteiger partial charge in [-0.05, 0) is 25.1 Å². The van der Waals surface area contributed by atoms with E-state index in [1.807, 2.05) is 6.07 Å². The molecule has 0 aromatic heterocycles. The Morgan fingerprint density at radius 1 is 1.50 bits per heavy atom. The van der Waals surface area contributed by atoms with Crippen molar-refractivity contribution < 1.29 is 4.39 Å². The Balaban J connectivity index is 2.26. The summed E-state index contributed by atoms with van der Waals surface area (Å²) in [5.74, 6) is -0.347. The minimum Gasteiger partial charge on any atom is -0.369 e. The van der Waals surface area contributed by atoms with E-state index in [4.69, 9.17) is 5.26 Å². The van der Waals surface area contributed by atoms with Crippen LogP contribution in [0.5, 0.6) is 0 Å². The Morgan fingerprint density at radius 2 is 2.31 bits per heavy atom. The highest BCUT2D eigenvalue weighted by Crippen LogP contribution is 2.19. The van der Waals surface area contributed by atoms with E-state index in [2.05, 4.69) is 17.1 Å². The molecule has 0 aliphatic carbocycles. The van der Waals surface area contributed by atoms with Crippen LogP contribution < -0.4 is 10.2 Å². The van der Waals surface area contributed by atoms with Gasteiger partial charge >= 0.3 is 0 Å². The maximum atomic E-state index is 13.3. The van der Waals surface area contributed by atoms with Crippen LogP contribution in [0.4, 0.5) is 10.1 Å². The van der Waals surface area contributed by atoms with E-state index in [0.717, 1.165) is 25.3 Å². The molecule has 1 atom stereocenters. The summed E-state index contributed by atoms with van der Waals surface area (Å²) >= 11 is 0. The monoisotopic (exact) mass is 219 g/mol. The molecule has 1 fully saturated rings. The largest absolute Gasteiger partial charge is 0.369 e. The molecule has 2 rings (SSSR count). The van der Waals surface area contributed by atoms with E-state index in [9.17, 15) is 4.39 Å². The lowest BCUT2D eigenvalue weighted by atomic mass is 10.1. The van der Waals surface area contributed by atoms with Crippen LogP contribution in [0.25, 0.3) is 0 Å². The maximum Gasteiger partial charge on any atom is 0.126 e. The molecule has 1 N–H and O–H groups in total. The second-order valence-corrected chi connectivity index (χ2v) is 4.11. The molecular weight excluding hydrogens is 205 g/mol. The summed E-state index contributed by atoms with van der Waals surface area (Å²) in [4.78, 5) is 2.10. The molecular formula is C12H14FN3. The predicted octanol–water partition coefficient (Wildman–Crippen LogP) is 1.50. The zero-order valence-corrected chi connectivity index (χ0v) is 9.20. The van der Waals surface area contributed by atoms with Crippen molar-refractivity contribution in [2.24, 2.45) is 0 Å². The number of nitrogens with zero attached hydrogens (tertiary/aromatic N) is 2. The van der Waals surface area contributed by atoms with Gasteiger partial charge in [0, 0.05) is 31.4 Å². The van der Waals surface area contributed by atoms with Crippen LogP contribution in [-0.4, -0.2) is 25.7 Å². The number of nitrogens with one attached hydrogen (secondary N) is 1. The van der Waals surface area contributed by atoms with Crippen molar-refractivity contribution >= 4 is 5.69 Å². The summed E-state index contributed by atoms with van der Waals surface area (Å²) in [6.45, 7) is 4.67. The van der Waals surface area contributed by atoms with Crippen molar-refractivity contribution in [3.8, 4) is 6.07 Å². The molecule has 0 bridgehead atoms. The molecule has 0 amide bonds. The fraction of sp³-hybridized carbons (Fsp3) is 0.417. The third-order valence-corrected chi connectivity index (χ3v) is 2.75. The van der Waals surface area contributed by atoms with Crippen LogP contribution in [0, 0.1) is 17.1 Å². The van der Waals surface area contributed by atoms with Crippen molar-refractivity contribution in [1.29, 1.82) is 5.26 Å². The predicted molar refractivity (Wildman–Crippen MR) is 60.8 cm³/mol. The van der Waals surface area contributed by atoms with Gasteiger partial charge in [-0.15, -0.1) is 0 Å². The average Bonchev–Trinajstić information content (AvgIpc) is 2.28. The van der Waals surface area contributed by atoms with Gasteiger partial charge in [0.15, 0.2) is 0 Å². The Morgan fingerprint density at radius 3 is 3.00 bits per heavy atom. The highest BCUT2D eigenvalue weighted by Gasteiger charge is 2.16. The van der Waals surface area contributed by atoms with Gasteiger partial charge in [0.1, 0.15) is 5.82 Å². The molecule has 1 aromatic rings. The second kappa shape index (κ2) is 4.50. The van der Waals surface area contributed by atoms with Crippen molar-refractivity contribution in [1.82, 2.24) is 5.32 Å². The zero-order chi connectivity index (χ0) is 11.5. The standard InChI is InChI=1S/C12H14FN3/c1-9-8-16(3-2-15-9)12-5-10(7-14)4-11(13)6-12/h4-6,9,15H,2-3,8H2,1H3/t9-/m0/s1. The van der Waals surface area contributed by atoms with Crippen LogP contribution >= 0.6 is 0 Å². The fourth-order valence-electron chi connectivity index (χ4n) is 1.99. The summed E-state index contributed by atoms with van der Waals surface area (Å²) in [7, 11) is 0. The number of benzene rings is 1. The minimum atomic E-state index is -0.347. The minimum absolute atomic E-state index is 0.347. The third kappa shape index (κ3) is 2.31. The first-order chi connectivity index (χ1) is 7.69. The van der Waals surface area contributed by atoms with Gasteiger partial charge in [-0.25, -0.2) is 4.39 Å². The van der Waals surface area contributed by atoms with E-state index < -0.39 is 0 Å². The highest BCUT2D eigenvalue weighted by atomic mass is 19.1. The van der Waals surface area contributed by atoms with Gasteiger partial charge in [-0.3, -0.25) is 0 Å². The molecule has 1 heterocycles. The first kappa shape index (κ1) is 10.9. The summed E-state index contributed by atoms with van der Waals surface area (Å²) < 4.78 is 13.3. The lowest BCUT2D eigenvalue weighted by Gasteiger charge is -2.33. The molecule has 0 saturated carbocycles. The second-order valence-electron chi connectivity index (χ2n) is 4.11. The summed E-state index contributed by atoms with van der Waals surface area (Å²) in [6.07, 6.45) is 0. The number of hydrogen-bond acceptors (Lipinski definition) is 3. The molecule has 0 unspecified atom stereocenters. The number of anilines is 1. The SMILES string of the molecule is C[C@H]1CN(c2cc(F)cc(C#N)c2)CCN1. The molecule has 1 aliphatic heterocycles. The number of nitriles is 1. The van der Waals surface area contributed by atoms with E-state index in [0.29, 0.717) is 11.6 Å². The van der Waals surface area contributed by atoms with E-state index in [1.165, 1.54) is 12.1 Å². The van der Waals surface area contributed by atoms with Gasteiger partial charge in [-0.1, -0.05) is 0 Å². The molecule has 1 saturated heterocycles. The highest BCUT2D eigenvalue weighted by molar-refractivity contribution is 5.52. The first-order valence-electron chi connectivity index (χ1n) is 5.38. The molecule has 1 aliphatic rings. The Bertz CT molecular complexity index is 425. The van der Waals surface area contributed by atoms with Crippen LogP contribution in [0.3, 0.4) is 0 Å². The van der Waals surface area contributed by atoms with Crippen LogP contribution in [0.2, 0.25) is 0 Å². The van der Waals surface area contributed by atoms with Gasteiger partial charge in [-0.2, -0.15) is 5.26 Å². The molecule has 4 heteroatoms. The summed E-state index contributed by atoms with van der Waals surface area (Å²) in [5.41, 5.74) is 1.17. The third-order valence-electron chi connectivity index (χ3n) is 2.75. The normalized spacial score (nSPS) is 20.6. The van der Waals surface area contributed by atoms with Crippen LogP contribution in [-0.2, 0) is 0 Å². The Hall–Kier alpha value is -1.60. The average molecular weight is 219 g/mol. The molecule has 84 valence electrons. The Labute approximate surface area is 94.5 Å². The molecule has 0 radical (unpaired) electrons. The van der Waals surface area contributed by atoms with Crippen molar-refractivity contribution in [2.75, 3.05) is 24.5 Å². The number of hydrogen-bond donors (Lipinski definition) is 1. The maximum absolute atomic E-state index is 13.3. The quantitative estimate of drug-likeness (QED) is 0.778.